The molecule has 0 saturated heterocycles. The second kappa shape index (κ2) is 73.8. The molecule has 0 aliphatic heterocycles. The molecule has 0 bridgehead atoms. The van der Waals surface area contributed by atoms with Gasteiger partial charge in [-0.25, -0.2) is 9.13 Å². The molecular weight excluding hydrogens is 1310 g/mol. The highest BCUT2D eigenvalue weighted by atomic mass is 31.2. The number of phosphoric acid groups is 2. The van der Waals surface area contributed by atoms with Crippen LogP contribution in [0.5, 0.6) is 0 Å². The normalized spacial score (nSPS) is 14.3. The summed E-state index contributed by atoms with van der Waals surface area (Å²) in [4.78, 5) is 72.9. The van der Waals surface area contributed by atoms with Crippen LogP contribution in [0.25, 0.3) is 0 Å². The fourth-order valence-electron chi connectivity index (χ4n) is 11.1. The molecule has 0 spiro atoms. The Kier molecular flexibility index (Phi) is 71.2. The zero-order valence-corrected chi connectivity index (χ0v) is 65.4. The van der Waals surface area contributed by atoms with Crippen molar-refractivity contribution in [2.45, 2.75) is 380 Å². The maximum Gasteiger partial charge on any atom is 0.472 e. The molecule has 0 aliphatic carbocycles. The van der Waals surface area contributed by atoms with Gasteiger partial charge >= 0.3 is 39.5 Å². The summed E-state index contributed by atoms with van der Waals surface area (Å²) in [6.45, 7) is 4.77. The monoisotopic (exact) mass is 1450 g/mol. The molecule has 0 aromatic carbocycles. The van der Waals surface area contributed by atoms with Crippen molar-refractivity contribution in [3.63, 3.8) is 0 Å². The minimum atomic E-state index is -4.98. The third kappa shape index (κ3) is 72.8. The van der Waals surface area contributed by atoms with E-state index in [2.05, 4.69) is 101 Å². The fourth-order valence-corrected chi connectivity index (χ4v) is 12.6. The van der Waals surface area contributed by atoms with Crippen molar-refractivity contribution in [3.05, 3.63) is 72.9 Å². The van der Waals surface area contributed by atoms with E-state index in [9.17, 15) is 43.2 Å². The molecule has 0 heterocycles. The van der Waals surface area contributed by atoms with Gasteiger partial charge in [0.1, 0.15) is 19.3 Å². The average molecular weight is 1450 g/mol. The summed E-state index contributed by atoms with van der Waals surface area (Å²) in [6, 6.07) is 0. The molecule has 17 nitrogen and oxygen atoms in total. The smallest absolute Gasteiger partial charge is 0.462 e. The molecule has 0 rings (SSSR count). The van der Waals surface area contributed by atoms with Crippen LogP contribution in [0.1, 0.15) is 362 Å². The number of rotatable bonds is 76. The lowest BCUT2D eigenvalue weighted by Crippen LogP contribution is -2.30. The molecule has 3 N–H and O–H groups in total. The van der Waals surface area contributed by atoms with Crippen molar-refractivity contribution in [2.75, 3.05) is 39.6 Å². The summed E-state index contributed by atoms with van der Waals surface area (Å²) in [5, 5.41) is 10.6. The summed E-state index contributed by atoms with van der Waals surface area (Å²) in [5.74, 6) is -2.19. The molecule has 0 fully saturated rings. The summed E-state index contributed by atoms with van der Waals surface area (Å²) < 4.78 is 68.6. The summed E-state index contributed by atoms with van der Waals surface area (Å²) in [6.07, 6.45) is 74.5. The summed E-state index contributed by atoms with van der Waals surface area (Å²) >= 11 is 0. The number of ether oxygens (including phenoxy) is 4. The largest absolute Gasteiger partial charge is 0.472 e. The highest BCUT2D eigenvalue weighted by molar-refractivity contribution is 7.47. The van der Waals surface area contributed by atoms with E-state index in [0.717, 1.165) is 135 Å². The molecule has 19 heteroatoms. The van der Waals surface area contributed by atoms with Crippen LogP contribution >= 0.6 is 15.6 Å². The van der Waals surface area contributed by atoms with Gasteiger partial charge in [0.05, 0.1) is 26.4 Å². The van der Waals surface area contributed by atoms with Crippen LogP contribution in [-0.4, -0.2) is 96.7 Å². The van der Waals surface area contributed by atoms with Crippen LogP contribution in [-0.2, 0) is 65.4 Å². The highest BCUT2D eigenvalue weighted by Crippen LogP contribution is 2.45. The van der Waals surface area contributed by atoms with E-state index in [-0.39, 0.29) is 25.7 Å². The molecule has 5 unspecified atom stereocenters. The zero-order valence-electron chi connectivity index (χ0n) is 63.6. The average Bonchev–Trinajstić information content (AvgIpc) is 0.935. The number of unbranched alkanes of at least 4 members (excludes halogenated alkanes) is 38. The zero-order chi connectivity index (χ0) is 73.2. The van der Waals surface area contributed by atoms with E-state index in [0.29, 0.717) is 25.7 Å². The van der Waals surface area contributed by atoms with E-state index in [1.807, 2.05) is 0 Å². The van der Waals surface area contributed by atoms with Crippen LogP contribution in [0, 0.1) is 0 Å². The Hall–Kier alpha value is -3.50. The Balaban J connectivity index is 5.33. The second-order valence-electron chi connectivity index (χ2n) is 27.0. The quantitative estimate of drug-likeness (QED) is 0.0169. The topological polar surface area (TPSA) is 237 Å². The number of allylic oxidation sites excluding steroid dienone is 12. The number of carbonyl (C=O) groups excluding carboxylic acids is 4. The number of esters is 4. The molecule has 0 aliphatic rings. The second-order valence-corrected chi connectivity index (χ2v) is 29.9. The van der Waals surface area contributed by atoms with E-state index in [1.54, 1.807) is 0 Å². The van der Waals surface area contributed by atoms with Crippen molar-refractivity contribution >= 4 is 39.5 Å². The molecule has 0 aromatic heterocycles. The minimum Gasteiger partial charge on any atom is -0.462 e. The van der Waals surface area contributed by atoms with E-state index in [1.165, 1.54) is 148 Å². The third-order valence-electron chi connectivity index (χ3n) is 17.2. The van der Waals surface area contributed by atoms with Gasteiger partial charge in [0.25, 0.3) is 0 Å². The Morgan fingerprint density at radius 2 is 0.520 bits per heavy atom. The number of carbonyl (C=O) groups is 4. The lowest BCUT2D eigenvalue weighted by Gasteiger charge is -2.21. The minimum absolute atomic E-state index is 0.0797. The van der Waals surface area contributed by atoms with Gasteiger partial charge in [-0.2, -0.15) is 0 Å². The predicted molar refractivity (Wildman–Crippen MR) is 409 cm³/mol. The van der Waals surface area contributed by atoms with Crippen LogP contribution in [0.15, 0.2) is 72.9 Å². The summed E-state index contributed by atoms with van der Waals surface area (Å²) in [5.41, 5.74) is 0. The fraction of sp³-hybridized carbons (Fsp3) is 0.802. The predicted octanol–water partition coefficient (Wildman–Crippen LogP) is 23.2. The van der Waals surface area contributed by atoms with E-state index in [4.69, 9.17) is 37.0 Å². The van der Waals surface area contributed by atoms with Gasteiger partial charge in [-0.15, -0.1) is 0 Å². The van der Waals surface area contributed by atoms with Crippen molar-refractivity contribution in [1.29, 1.82) is 0 Å². The third-order valence-corrected chi connectivity index (χ3v) is 19.1. The highest BCUT2D eigenvalue weighted by Gasteiger charge is 2.30. The molecular formula is C81H146O17P2. The standard InChI is InChI=1S/C81H146O17P2/c1-5-9-13-17-21-25-29-33-35-36-37-38-40-44-46-50-54-58-62-66-79(84)92-72-77(98-81(86)68-64-60-56-52-48-42-32-28-24-20-16-12-8-4)74-96-100(89,90)94-70-75(82)69-93-99(87,88)95-73-76(97-80(85)67-63-59-55-51-47-41-31-27-23-19-15-11-7-3)71-91-78(83)65-61-57-53-49-45-43-39-34-30-26-22-18-14-10-6-2/h9,13,21,25,28,32-33,35,37-38,44,46,75-77,82H,5-8,10-12,14-20,22-24,26-27,29-31,34,36,39-43,45,47-74H2,1-4H3,(H,87,88)(H,89,90)/b13-9-,25-21-,32-28-,35-33-,38-37-,46-44-. The van der Waals surface area contributed by atoms with Crippen LogP contribution in [0.4, 0.5) is 0 Å². The van der Waals surface area contributed by atoms with E-state index < -0.39 is 97.5 Å². The van der Waals surface area contributed by atoms with Crippen molar-refractivity contribution < 1.29 is 80.2 Å². The SMILES string of the molecule is CC/C=C\C/C=C\C/C=C\C/C=C\C/C=C\CCCCCC(=O)OCC(COP(=O)(O)OCC(O)COP(=O)(O)OCC(COC(=O)CCCCCCCCCCCCCCCCC)OC(=O)CCCCCCCCCCCCCCC)OC(=O)CCCCCCC/C=C\CCCCCC. The Bertz CT molecular complexity index is 2180. The number of aliphatic hydroxyl groups excluding tert-OH is 1. The first kappa shape index (κ1) is 96.5. The number of phosphoric ester groups is 2. The molecule has 5 atom stereocenters. The van der Waals surface area contributed by atoms with Gasteiger partial charge in [0.2, 0.25) is 0 Å². The molecule has 0 saturated carbocycles. The van der Waals surface area contributed by atoms with Crippen molar-refractivity contribution in [2.24, 2.45) is 0 Å². The Morgan fingerprint density at radius 1 is 0.290 bits per heavy atom. The van der Waals surface area contributed by atoms with Crippen LogP contribution in [0.2, 0.25) is 0 Å². The number of aliphatic hydroxyl groups is 1. The van der Waals surface area contributed by atoms with Gasteiger partial charge in [-0.1, -0.05) is 312 Å². The lowest BCUT2D eigenvalue weighted by molar-refractivity contribution is -0.161. The Labute approximate surface area is 609 Å². The maximum atomic E-state index is 13.1. The van der Waals surface area contributed by atoms with Gasteiger partial charge in [-0.3, -0.25) is 37.3 Å². The van der Waals surface area contributed by atoms with Crippen LogP contribution < -0.4 is 0 Å². The van der Waals surface area contributed by atoms with Gasteiger partial charge in [0.15, 0.2) is 12.2 Å². The first-order chi connectivity index (χ1) is 48.7. The molecule has 0 aromatic rings. The molecule has 0 radical (unpaired) electrons. The van der Waals surface area contributed by atoms with Gasteiger partial charge in [-0.05, 0) is 96.3 Å². The molecule has 582 valence electrons. The van der Waals surface area contributed by atoms with E-state index >= 15 is 0 Å². The number of hydrogen-bond acceptors (Lipinski definition) is 15. The summed E-state index contributed by atoms with van der Waals surface area (Å²) in [7, 11) is -9.95. The Morgan fingerprint density at radius 3 is 0.830 bits per heavy atom. The first-order valence-corrected chi connectivity index (χ1v) is 43.2. The van der Waals surface area contributed by atoms with Crippen molar-refractivity contribution in [1.82, 2.24) is 0 Å². The first-order valence-electron chi connectivity index (χ1n) is 40.2. The van der Waals surface area contributed by atoms with Crippen molar-refractivity contribution in [3.8, 4) is 0 Å². The van der Waals surface area contributed by atoms with Gasteiger partial charge in [0, 0.05) is 25.7 Å². The molecule has 0 amide bonds. The lowest BCUT2D eigenvalue weighted by atomic mass is 10.0. The molecule has 100 heavy (non-hydrogen) atoms. The maximum absolute atomic E-state index is 13.1. The number of hydrogen-bond donors (Lipinski definition) is 3. The van der Waals surface area contributed by atoms with Gasteiger partial charge < -0.3 is 33.8 Å². The van der Waals surface area contributed by atoms with Crippen LogP contribution in [0.3, 0.4) is 0 Å².